The molecule has 0 aliphatic rings. The van der Waals surface area contributed by atoms with Crippen molar-refractivity contribution in [2.45, 2.75) is 0 Å². The molecule has 120 valence electrons. The lowest BCUT2D eigenvalue weighted by molar-refractivity contribution is 0.324. The van der Waals surface area contributed by atoms with E-state index in [2.05, 4.69) is 25.9 Å². The maximum absolute atomic E-state index is 6.08. The fraction of sp³-hybridized carbons (Fsp3) is 0.188. The highest BCUT2D eigenvalue weighted by molar-refractivity contribution is 9.10. The number of nitrogens with one attached hydrogen (secondary N) is 1. The van der Waals surface area contributed by atoms with E-state index in [0.717, 1.165) is 21.1 Å². The van der Waals surface area contributed by atoms with Crippen molar-refractivity contribution in [2.75, 3.05) is 21.3 Å². The summed E-state index contributed by atoms with van der Waals surface area (Å²) in [5.41, 5.74) is 2.46. The van der Waals surface area contributed by atoms with Gasteiger partial charge in [-0.25, -0.2) is 4.98 Å². The number of rotatable bonds is 4. The molecule has 23 heavy (non-hydrogen) atoms. The monoisotopic (exact) mass is 396 g/mol. The normalized spacial score (nSPS) is 10.8. The third-order valence-electron chi connectivity index (χ3n) is 3.44. The van der Waals surface area contributed by atoms with E-state index in [1.807, 2.05) is 24.3 Å². The van der Waals surface area contributed by atoms with Crippen molar-refractivity contribution >= 4 is 38.6 Å². The number of hydrogen-bond acceptors (Lipinski definition) is 4. The average Bonchev–Trinajstić information content (AvgIpc) is 2.97. The van der Waals surface area contributed by atoms with E-state index >= 15 is 0 Å². The van der Waals surface area contributed by atoms with Crippen molar-refractivity contribution < 1.29 is 14.2 Å². The predicted molar refractivity (Wildman–Crippen MR) is 93.9 cm³/mol. The second-order valence-electron chi connectivity index (χ2n) is 4.78. The van der Waals surface area contributed by atoms with E-state index in [0.29, 0.717) is 28.1 Å². The third-order valence-corrected chi connectivity index (χ3v) is 4.27. The van der Waals surface area contributed by atoms with Gasteiger partial charge >= 0.3 is 0 Å². The summed E-state index contributed by atoms with van der Waals surface area (Å²) in [6.45, 7) is 0. The highest BCUT2D eigenvalue weighted by Gasteiger charge is 2.16. The Hall–Kier alpha value is -1.92. The number of aromatic nitrogens is 2. The van der Waals surface area contributed by atoms with E-state index in [4.69, 9.17) is 25.8 Å². The van der Waals surface area contributed by atoms with Crippen molar-refractivity contribution in [1.29, 1.82) is 0 Å². The standard InChI is InChI=1S/C16H14BrClN2O3/c1-21-12-4-8(5-13(22-2)15(12)23-3)16-19-11-7-9(18)6-10(17)14(11)20-16/h4-7H,1-3H3,(H,19,20). The van der Waals surface area contributed by atoms with Crippen LogP contribution in [0.3, 0.4) is 0 Å². The molecule has 0 saturated heterocycles. The average molecular weight is 398 g/mol. The lowest BCUT2D eigenvalue weighted by Gasteiger charge is -2.13. The molecular formula is C16H14BrClN2O3. The second kappa shape index (κ2) is 6.29. The maximum atomic E-state index is 6.08. The van der Waals surface area contributed by atoms with Gasteiger partial charge in [-0.15, -0.1) is 0 Å². The zero-order valence-corrected chi connectivity index (χ0v) is 15.1. The maximum Gasteiger partial charge on any atom is 0.203 e. The number of fused-ring (bicyclic) bond motifs is 1. The Balaban J connectivity index is 2.20. The number of imidazole rings is 1. The number of halogens is 2. The van der Waals surface area contributed by atoms with Crippen LogP contribution in [0.15, 0.2) is 28.7 Å². The minimum atomic E-state index is 0.541. The number of nitrogens with zero attached hydrogens (tertiary/aromatic N) is 1. The molecule has 0 fully saturated rings. The van der Waals surface area contributed by atoms with Gasteiger partial charge in [-0.05, 0) is 40.2 Å². The van der Waals surface area contributed by atoms with Crippen LogP contribution in [-0.2, 0) is 0 Å². The van der Waals surface area contributed by atoms with Gasteiger partial charge in [-0.2, -0.15) is 0 Å². The summed E-state index contributed by atoms with van der Waals surface area (Å²) in [6, 6.07) is 7.32. The molecule has 0 atom stereocenters. The van der Waals surface area contributed by atoms with E-state index in [1.54, 1.807) is 21.3 Å². The first-order chi connectivity index (χ1) is 11.1. The molecule has 0 bridgehead atoms. The van der Waals surface area contributed by atoms with Gasteiger partial charge in [0.1, 0.15) is 11.3 Å². The number of H-pyrrole nitrogens is 1. The van der Waals surface area contributed by atoms with Gasteiger partial charge in [0, 0.05) is 15.1 Å². The molecule has 7 heteroatoms. The summed E-state index contributed by atoms with van der Waals surface area (Å²) >= 11 is 9.56. The summed E-state index contributed by atoms with van der Waals surface area (Å²) in [4.78, 5) is 7.87. The van der Waals surface area contributed by atoms with E-state index < -0.39 is 0 Å². The van der Waals surface area contributed by atoms with Crippen LogP contribution in [0.5, 0.6) is 17.2 Å². The van der Waals surface area contributed by atoms with Gasteiger partial charge in [0.25, 0.3) is 0 Å². The first kappa shape index (κ1) is 16.0. The Morgan fingerprint density at radius 2 is 1.65 bits per heavy atom. The Kier molecular flexibility index (Phi) is 4.37. The smallest absolute Gasteiger partial charge is 0.203 e. The number of ether oxygens (including phenoxy) is 3. The van der Waals surface area contributed by atoms with Crippen LogP contribution in [0.2, 0.25) is 5.02 Å². The fourth-order valence-electron chi connectivity index (χ4n) is 2.40. The number of methoxy groups -OCH3 is 3. The molecular weight excluding hydrogens is 384 g/mol. The van der Waals surface area contributed by atoms with Gasteiger partial charge in [0.2, 0.25) is 5.75 Å². The number of benzene rings is 2. The quantitative estimate of drug-likeness (QED) is 0.695. The van der Waals surface area contributed by atoms with Crippen LogP contribution in [0.1, 0.15) is 0 Å². The molecule has 1 heterocycles. The lowest BCUT2D eigenvalue weighted by atomic mass is 10.1. The molecule has 0 spiro atoms. The molecule has 5 nitrogen and oxygen atoms in total. The Morgan fingerprint density at radius 1 is 1.00 bits per heavy atom. The molecule has 1 aromatic heterocycles. The molecule has 3 rings (SSSR count). The van der Waals surface area contributed by atoms with Gasteiger partial charge < -0.3 is 19.2 Å². The lowest BCUT2D eigenvalue weighted by Crippen LogP contribution is -1.96. The highest BCUT2D eigenvalue weighted by atomic mass is 79.9. The van der Waals surface area contributed by atoms with E-state index in [-0.39, 0.29) is 0 Å². The molecule has 1 N–H and O–H groups in total. The second-order valence-corrected chi connectivity index (χ2v) is 6.07. The fourth-order valence-corrected chi connectivity index (χ4v) is 3.30. The van der Waals surface area contributed by atoms with Crippen LogP contribution in [0, 0.1) is 0 Å². The minimum Gasteiger partial charge on any atom is -0.493 e. The van der Waals surface area contributed by atoms with Crippen LogP contribution >= 0.6 is 27.5 Å². The van der Waals surface area contributed by atoms with Crippen molar-refractivity contribution in [3.63, 3.8) is 0 Å². The van der Waals surface area contributed by atoms with Crippen LogP contribution in [0.4, 0.5) is 0 Å². The molecule has 0 amide bonds. The van der Waals surface area contributed by atoms with Crippen LogP contribution in [-0.4, -0.2) is 31.3 Å². The van der Waals surface area contributed by atoms with Crippen molar-refractivity contribution in [2.24, 2.45) is 0 Å². The van der Waals surface area contributed by atoms with E-state index in [9.17, 15) is 0 Å². The molecule has 0 aliphatic carbocycles. The van der Waals surface area contributed by atoms with Crippen molar-refractivity contribution in [3.05, 3.63) is 33.8 Å². The molecule has 0 saturated carbocycles. The van der Waals surface area contributed by atoms with Gasteiger partial charge in [0.15, 0.2) is 11.5 Å². The van der Waals surface area contributed by atoms with E-state index in [1.165, 1.54) is 0 Å². The van der Waals surface area contributed by atoms with Gasteiger partial charge in [0.05, 0.1) is 26.8 Å². The van der Waals surface area contributed by atoms with Crippen LogP contribution in [0.25, 0.3) is 22.4 Å². The van der Waals surface area contributed by atoms with Gasteiger partial charge in [-0.3, -0.25) is 0 Å². The Bertz CT molecular complexity index is 854. The Morgan fingerprint density at radius 3 is 2.22 bits per heavy atom. The summed E-state index contributed by atoms with van der Waals surface area (Å²) in [5.74, 6) is 2.36. The first-order valence-electron chi connectivity index (χ1n) is 6.72. The first-order valence-corrected chi connectivity index (χ1v) is 7.89. The zero-order chi connectivity index (χ0) is 16.6. The zero-order valence-electron chi connectivity index (χ0n) is 12.7. The molecule has 2 aromatic carbocycles. The summed E-state index contributed by atoms with van der Waals surface area (Å²) < 4.78 is 16.9. The highest BCUT2D eigenvalue weighted by Crippen LogP contribution is 2.41. The predicted octanol–water partition coefficient (Wildman–Crippen LogP) is 4.67. The topological polar surface area (TPSA) is 56.4 Å². The number of aromatic amines is 1. The summed E-state index contributed by atoms with van der Waals surface area (Å²) in [7, 11) is 4.73. The SMILES string of the molecule is COc1cc(-c2nc3c(Br)cc(Cl)cc3[nH]2)cc(OC)c1OC. The van der Waals surface area contributed by atoms with Crippen molar-refractivity contribution in [1.82, 2.24) is 9.97 Å². The molecule has 3 aromatic rings. The molecule has 0 unspecified atom stereocenters. The summed E-state index contributed by atoms with van der Waals surface area (Å²) in [6.07, 6.45) is 0. The van der Waals surface area contributed by atoms with Crippen molar-refractivity contribution in [3.8, 4) is 28.6 Å². The third kappa shape index (κ3) is 2.84. The largest absolute Gasteiger partial charge is 0.493 e. The van der Waals surface area contributed by atoms with Gasteiger partial charge in [-0.1, -0.05) is 11.6 Å². The number of hydrogen-bond donors (Lipinski definition) is 1. The molecule has 0 radical (unpaired) electrons. The molecule has 0 aliphatic heterocycles. The minimum absolute atomic E-state index is 0.541. The Labute approximate surface area is 146 Å². The summed E-state index contributed by atoms with van der Waals surface area (Å²) in [5, 5.41) is 0.629. The van der Waals surface area contributed by atoms with Crippen LogP contribution < -0.4 is 14.2 Å².